The molecule has 1 aromatic carbocycles. The van der Waals surface area contributed by atoms with Crippen molar-refractivity contribution in [2.24, 2.45) is 0 Å². The van der Waals surface area contributed by atoms with Crippen molar-refractivity contribution in [2.45, 2.75) is 24.2 Å². The second kappa shape index (κ2) is 5.64. The number of carboxylic acid groups (broad SMARTS) is 1. The zero-order chi connectivity index (χ0) is 13.1. The molecule has 0 saturated heterocycles. The molecular formula is C11H13BrO4S. The molecule has 0 aliphatic heterocycles. The fourth-order valence-corrected chi connectivity index (χ4v) is 2.90. The highest BCUT2D eigenvalue weighted by molar-refractivity contribution is 9.10. The average molecular weight is 321 g/mol. The highest BCUT2D eigenvalue weighted by atomic mass is 79.9. The smallest absolute Gasteiger partial charge is 0.303 e. The molecule has 0 atom stereocenters. The summed E-state index contributed by atoms with van der Waals surface area (Å²) in [6.07, 6.45) is 2.05. The van der Waals surface area contributed by atoms with E-state index in [4.69, 9.17) is 5.11 Å². The Bertz CT molecular complexity index is 522. The summed E-state index contributed by atoms with van der Waals surface area (Å²) in [7, 11) is -3.27. The van der Waals surface area contributed by atoms with Crippen LogP contribution < -0.4 is 0 Å². The third-order valence-electron chi connectivity index (χ3n) is 2.26. The minimum absolute atomic E-state index is 0.0374. The molecule has 1 N–H and O–H groups in total. The summed E-state index contributed by atoms with van der Waals surface area (Å²) in [5.74, 6) is -0.874. The molecule has 0 spiro atoms. The molecule has 17 heavy (non-hydrogen) atoms. The molecule has 0 heterocycles. The van der Waals surface area contributed by atoms with Crippen molar-refractivity contribution in [1.29, 1.82) is 0 Å². The van der Waals surface area contributed by atoms with Crippen molar-refractivity contribution in [3.63, 3.8) is 0 Å². The maximum atomic E-state index is 11.5. The van der Waals surface area contributed by atoms with E-state index < -0.39 is 15.8 Å². The van der Waals surface area contributed by atoms with Gasteiger partial charge in [0.1, 0.15) is 0 Å². The van der Waals surface area contributed by atoms with E-state index in [1.54, 1.807) is 12.1 Å². The summed E-state index contributed by atoms with van der Waals surface area (Å²) in [5.41, 5.74) is 0.656. The standard InChI is InChI=1S/C11H13BrO4S/c1-17(15,16)10-6-5-9(12)7-8(10)3-2-4-11(13)14/h5-7H,2-4H2,1H3,(H,13,14). The van der Waals surface area contributed by atoms with Gasteiger partial charge in [-0.1, -0.05) is 15.9 Å². The van der Waals surface area contributed by atoms with Gasteiger partial charge in [-0.15, -0.1) is 0 Å². The first-order chi connectivity index (χ1) is 7.80. The van der Waals surface area contributed by atoms with Gasteiger partial charge in [0.15, 0.2) is 9.84 Å². The molecule has 0 saturated carbocycles. The lowest BCUT2D eigenvalue weighted by Crippen LogP contribution is -2.04. The van der Waals surface area contributed by atoms with Crippen LogP contribution in [0.25, 0.3) is 0 Å². The Kier molecular flexibility index (Phi) is 4.70. The lowest BCUT2D eigenvalue weighted by Gasteiger charge is -2.07. The zero-order valence-corrected chi connectivity index (χ0v) is 11.7. The number of carbonyl (C=O) groups is 1. The Morgan fingerprint density at radius 1 is 1.41 bits per heavy atom. The quantitative estimate of drug-likeness (QED) is 0.903. The summed E-state index contributed by atoms with van der Waals surface area (Å²) in [4.78, 5) is 10.7. The molecule has 0 fully saturated rings. The zero-order valence-electron chi connectivity index (χ0n) is 9.31. The third kappa shape index (κ3) is 4.47. The van der Waals surface area contributed by atoms with Gasteiger partial charge in [-0.2, -0.15) is 0 Å². The van der Waals surface area contributed by atoms with Crippen LogP contribution in [-0.4, -0.2) is 25.7 Å². The number of sulfone groups is 1. The number of halogens is 1. The summed E-state index contributed by atoms with van der Waals surface area (Å²) < 4.78 is 23.8. The van der Waals surface area contributed by atoms with Crippen molar-refractivity contribution < 1.29 is 18.3 Å². The van der Waals surface area contributed by atoms with Gasteiger partial charge in [0, 0.05) is 17.1 Å². The van der Waals surface area contributed by atoms with Crippen LogP contribution in [-0.2, 0) is 21.1 Å². The number of rotatable bonds is 5. The van der Waals surface area contributed by atoms with Gasteiger partial charge in [0.25, 0.3) is 0 Å². The van der Waals surface area contributed by atoms with E-state index in [1.807, 2.05) is 0 Å². The van der Waals surface area contributed by atoms with Crippen molar-refractivity contribution in [3.05, 3.63) is 28.2 Å². The van der Waals surface area contributed by atoms with Crippen LogP contribution in [0.2, 0.25) is 0 Å². The third-order valence-corrected chi connectivity index (χ3v) is 3.95. The Morgan fingerprint density at radius 2 is 2.06 bits per heavy atom. The van der Waals surface area contributed by atoms with Crippen LogP contribution in [0.1, 0.15) is 18.4 Å². The topological polar surface area (TPSA) is 71.4 Å². The van der Waals surface area contributed by atoms with Gasteiger partial charge in [-0.3, -0.25) is 4.79 Å². The summed E-state index contributed by atoms with van der Waals surface area (Å²) in [6, 6.07) is 4.92. The normalized spacial score (nSPS) is 11.4. The first-order valence-corrected chi connectivity index (χ1v) is 7.69. The van der Waals surface area contributed by atoms with Crippen LogP contribution >= 0.6 is 15.9 Å². The van der Waals surface area contributed by atoms with Crippen LogP contribution in [0.15, 0.2) is 27.6 Å². The van der Waals surface area contributed by atoms with E-state index >= 15 is 0 Å². The Morgan fingerprint density at radius 3 is 2.59 bits per heavy atom. The number of hydrogen-bond acceptors (Lipinski definition) is 3. The van der Waals surface area contributed by atoms with Gasteiger partial charge in [0.05, 0.1) is 4.90 Å². The second-order valence-electron chi connectivity index (χ2n) is 3.77. The Balaban J connectivity index is 2.96. The molecule has 0 unspecified atom stereocenters. The SMILES string of the molecule is CS(=O)(=O)c1ccc(Br)cc1CCCC(=O)O. The van der Waals surface area contributed by atoms with Crippen molar-refractivity contribution in [1.82, 2.24) is 0 Å². The van der Waals surface area contributed by atoms with Crippen molar-refractivity contribution >= 4 is 31.7 Å². The molecule has 4 nitrogen and oxygen atoms in total. The van der Waals surface area contributed by atoms with Gasteiger partial charge < -0.3 is 5.11 Å². The lowest BCUT2D eigenvalue weighted by atomic mass is 10.1. The second-order valence-corrected chi connectivity index (χ2v) is 6.67. The summed E-state index contributed by atoms with van der Waals surface area (Å²) in [5, 5.41) is 8.55. The first kappa shape index (κ1) is 14.2. The lowest BCUT2D eigenvalue weighted by molar-refractivity contribution is -0.137. The molecule has 6 heteroatoms. The fourth-order valence-electron chi connectivity index (χ4n) is 1.54. The molecule has 94 valence electrons. The highest BCUT2D eigenvalue weighted by Crippen LogP contribution is 2.22. The van der Waals surface area contributed by atoms with E-state index in [-0.39, 0.29) is 11.3 Å². The van der Waals surface area contributed by atoms with Gasteiger partial charge in [0.2, 0.25) is 0 Å². The minimum atomic E-state index is -3.27. The Labute approximate surface area is 109 Å². The van der Waals surface area contributed by atoms with Crippen molar-refractivity contribution in [2.75, 3.05) is 6.26 Å². The monoisotopic (exact) mass is 320 g/mol. The van der Waals surface area contributed by atoms with E-state index in [2.05, 4.69) is 15.9 Å². The van der Waals surface area contributed by atoms with Gasteiger partial charge in [-0.05, 0) is 36.6 Å². The maximum Gasteiger partial charge on any atom is 0.303 e. The predicted molar refractivity (Wildman–Crippen MR) is 67.8 cm³/mol. The number of hydrogen-bond donors (Lipinski definition) is 1. The van der Waals surface area contributed by atoms with Crippen molar-refractivity contribution in [3.8, 4) is 0 Å². The van der Waals surface area contributed by atoms with Crippen LogP contribution in [0.5, 0.6) is 0 Å². The number of benzene rings is 1. The molecule has 1 rings (SSSR count). The van der Waals surface area contributed by atoms with Gasteiger partial charge in [-0.25, -0.2) is 8.42 Å². The number of aryl methyl sites for hydroxylation is 1. The average Bonchev–Trinajstić information content (AvgIpc) is 2.15. The molecule has 0 amide bonds. The van der Waals surface area contributed by atoms with Crippen LogP contribution in [0, 0.1) is 0 Å². The minimum Gasteiger partial charge on any atom is -0.481 e. The molecule has 0 aliphatic rings. The highest BCUT2D eigenvalue weighted by Gasteiger charge is 2.13. The van der Waals surface area contributed by atoms with E-state index in [9.17, 15) is 13.2 Å². The fraction of sp³-hybridized carbons (Fsp3) is 0.364. The number of carboxylic acids is 1. The number of aliphatic carboxylic acids is 1. The van der Waals surface area contributed by atoms with E-state index in [0.717, 1.165) is 10.7 Å². The predicted octanol–water partition coefficient (Wildman–Crippen LogP) is 2.26. The largest absolute Gasteiger partial charge is 0.481 e. The molecule has 1 aromatic rings. The maximum absolute atomic E-state index is 11.5. The summed E-state index contributed by atoms with van der Waals surface area (Å²) in [6.45, 7) is 0. The van der Waals surface area contributed by atoms with Crippen LogP contribution in [0.3, 0.4) is 0 Å². The van der Waals surface area contributed by atoms with E-state index in [0.29, 0.717) is 18.4 Å². The van der Waals surface area contributed by atoms with Crippen LogP contribution in [0.4, 0.5) is 0 Å². The van der Waals surface area contributed by atoms with Gasteiger partial charge >= 0.3 is 5.97 Å². The Hall–Kier alpha value is -0.880. The molecular weight excluding hydrogens is 308 g/mol. The molecule has 0 bridgehead atoms. The molecule has 0 radical (unpaired) electrons. The summed E-state index contributed by atoms with van der Waals surface area (Å²) >= 11 is 3.27. The van der Waals surface area contributed by atoms with E-state index in [1.165, 1.54) is 6.07 Å². The first-order valence-electron chi connectivity index (χ1n) is 5.01. The molecule has 0 aliphatic carbocycles. The molecule has 0 aromatic heterocycles.